The largest absolute Gasteiger partial charge is 0.356 e. The van der Waals surface area contributed by atoms with Crippen LogP contribution in [-0.2, 0) is 0 Å². The van der Waals surface area contributed by atoms with Crippen molar-refractivity contribution in [3.05, 3.63) is 22.4 Å². The van der Waals surface area contributed by atoms with Gasteiger partial charge in [-0.05, 0) is 42.5 Å². The predicted octanol–water partition coefficient (Wildman–Crippen LogP) is 2.94. The zero-order valence-corrected chi connectivity index (χ0v) is 17.4. The van der Waals surface area contributed by atoms with Gasteiger partial charge in [0.2, 0.25) is 0 Å². The van der Waals surface area contributed by atoms with E-state index in [1.807, 2.05) is 24.6 Å². The van der Waals surface area contributed by atoms with Gasteiger partial charge in [0, 0.05) is 33.2 Å². The van der Waals surface area contributed by atoms with Crippen LogP contribution < -0.4 is 10.6 Å². The summed E-state index contributed by atoms with van der Waals surface area (Å²) in [4.78, 5) is 19.4. The van der Waals surface area contributed by atoms with Crippen LogP contribution in [0.2, 0.25) is 0 Å². The summed E-state index contributed by atoms with van der Waals surface area (Å²) in [5, 5.41) is 8.31. The van der Waals surface area contributed by atoms with E-state index in [9.17, 15) is 4.79 Å². The van der Waals surface area contributed by atoms with Gasteiger partial charge in [0.1, 0.15) is 0 Å². The first-order chi connectivity index (χ1) is 11.2. The number of hydrogen-bond acceptors (Lipinski definition) is 3. The topological polar surface area (TPSA) is 56.7 Å². The van der Waals surface area contributed by atoms with Crippen LogP contribution in [0.4, 0.5) is 0 Å². The third kappa shape index (κ3) is 4.62. The van der Waals surface area contributed by atoms with Crippen molar-refractivity contribution >= 4 is 47.2 Å². The Morgan fingerprint density at radius 2 is 2.12 bits per heavy atom. The number of aliphatic imine (C=N–C) groups is 1. The van der Waals surface area contributed by atoms with Gasteiger partial charge in [0.05, 0.1) is 4.88 Å². The number of thiophene rings is 1. The minimum absolute atomic E-state index is 0. The molecule has 1 amide bonds. The zero-order chi connectivity index (χ0) is 16.1. The van der Waals surface area contributed by atoms with Gasteiger partial charge in [0.15, 0.2) is 5.96 Å². The molecule has 1 aliphatic carbocycles. The molecule has 134 valence electrons. The number of likely N-dealkylation sites (tertiary alicyclic amines) is 1. The molecule has 24 heavy (non-hydrogen) atoms. The molecule has 0 bridgehead atoms. The van der Waals surface area contributed by atoms with Gasteiger partial charge in [0.25, 0.3) is 5.91 Å². The molecule has 1 aliphatic heterocycles. The number of guanidine groups is 1. The fraction of sp³-hybridized carbons (Fsp3) is 0.647. The lowest BCUT2D eigenvalue weighted by Crippen LogP contribution is -2.43. The molecule has 2 heterocycles. The number of nitrogens with zero attached hydrogens (tertiary/aromatic N) is 2. The van der Waals surface area contributed by atoms with E-state index in [-0.39, 0.29) is 29.9 Å². The highest BCUT2D eigenvalue weighted by molar-refractivity contribution is 14.0. The third-order valence-corrected chi connectivity index (χ3v) is 5.90. The van der Waals surface area contributed by atoms with Crippen LogP contribution in [0, 0.1) is 5.41 Å². The summed E-state index contributed by atoms with van der Waals surface area (Å²) in [6, 6.07) is 3.75. The highest BCUT2D eigenvalue weighted by Gasteiger charge is 2.43. The highest BCUT2D eigenvalue weighted by atomic mass is 127. The summed E-state index contributed by atoms with van der Waals surface area (Å²) in [5.74, 6) is 1.04. The summed E-state index contributed by atoms with van der Waals surface area (Å²) in [6.45, 7) is 3.79. The first-order valence-corrected chi connectivity index (χ1v) is 9.38. The molecule has 1 aromatic heterocycles. The number of carbonyl (C=O) groups excluding carboxylic acids is 1. The third-order valence-electron chi connectivity index (χ3n) is 5.03. The number of hydrogen-bond donors (Lipinski definition) is 2. The second-order valence-electron chi connectivity index (χ2n) is 6.59. The molecular weight excluding hydrogens is 435 g/mol. The second kappa shape index (κ2) is 9.03. The first kappa shape index (κ1) is 19.5. The SMILES string of the molecule is CN=C(NCCCNC(=O)c1cccs1)N1CCC2(CCC2)C1.I. The van der Waals surface area contributed by atoms with Crippen molar-refractivity contribution in [2.45, 2.75) is 32.1 Å². The number of carbonyl (C=O) groups is 1. The molecule has 0 radical (unpaired) electrons. The van der Waals surface area contributed by atoms with Crippen molar-refractivity contribution < 1.29 is 4.79 Å². The van der Waals surface area contributed by atoms with Crippen molar-refractivity contribution in [2.24, 2.45) is 10.4 Å². The standard InChI is InChI=1S/C17H26N4OS.HI/c1-18-16(21-11-8-17(13-21)6-3-7-17)20-10-4-9-19-15(22)14-5-2-12-23-14;/h2,5,12H,3-4,6-11,13H2,1H3,(H,18,20)(H,19,22);1H. The molecule has 0 aromatic carbocycles. The maximum Gasteiger partial charge on any atom is 0.261 e. The van der Waals surface area contributed by atoms with Crippen molar-refractivity contribution in [1.29, 1.82) is 0 Å². The number of nitrogens with one attached hydrogen (secondary N) is 2. The molecule has 3 rings (SSSR count). The molecule has 0 atom stereocenters. The molecule has 2 N–H and O–H groups in total. The van der Waals surface area contributed by atoms with E-state index in [0.717, 1.165) is 36.9 Å². The second-order valence-corrected chi connectivity index (χ2v) is 7.53. The van der Waals surface area contributed by atoms with Crippen LogP contribution in [0.15, 0.2) is 22.5 Å². The number of halogens is 1. The average molecular weight is 462 g/mol. The fourth-order valence-electron chi connectivity index (χ4n) is 3.52. The van der Waals surface area contributed by atoms with E-state index in [2.05, 4.69) is 20.5 Å². The van der Waals surface area contributed by atoms with E-state index in [1.165, 1.54) is 37.0 Å². The predicted molar refractivity (Wildman–Crippen MR) is 111 cm³/mol. The van der Waals surface area contributed by atoms with Crippen LogP contribution >= 0.6 is 35.3 Å². The molecular formula is C17H27IN4OS. The van der Waals surface area contributed by atoms with E-state index in [0.29, 0.717) is 12.0 Å². The summed E-state index contributed by atoms with van der Waals surface area (Å²) in [6.07, 6.45) is 6.37. The smallest absolute Gasteiger partial charge is 0.261 e. The molecule has 2 fully saturated rings. The normalized spacial score (nSPS) is 18.9. The van der Waals surface area contributed by atoms with Crippen LogP contribution in [0.25, 0.3) is 0 Å². The summed E-state index contributed by atoms with van der Waals surface area (Å²) in [7, 11) is 1.85. The lowest BCUT2D eigenvalue weighted by Gasteiger charge is -2.38. The van der Waals surface area contributed by atoms with E-state index in [4.69, 9.17) is 0 Å². The average Bonchev–Trinajstić information content (AvgIpc) is 3.19. The van der Waals surface area contributed by atoms with Gasteiger partial charge in [-0.25, -0.2) is 0 Å². The Hall–Kier alpha value is -0.830. The summed E-state index contributed by atoms with van der Waals surface area (Å²) >= 11 is 1.47. The molecule has 1 aromatic rings. The monoisotopic (exact) mass is 462 g/mol. The fourth-order valence-corrected chi connectivity index (χ4v) is 4.16. The first-order valence-electron chi connectivity index (χ1n) is 8.50. The molecule has 1 spiro atoms. The molecule has 0 unspecified atom stereocenters. The maximum atomic E-state index is 11.8. The molecule has 1 saturated carbocycles. The Bertz CT molecular complexity index is 557. The maximum absolute atomic E-state index is 11.8. The van der Waals surface area contributed by atoms with E-state index in [1.54, 1.807) is 0 Å². The molecule has 5 nitrogen and oxygen atoms in total. The lowest BCUT2D eigenvalue weighted by atomic mass is 9.68. The molecule has 2 aliphatic rings. The van der Waals surface area contributed by atoms with Gasteiger partial charge in [-0.15, -0.1) is 35.3 Å². The van der Waals surface area contributed by atoms with Gasteiger partial charge in [-0.2, -0.15) is 0 Å². The zero-order valence-electron chi connectivity index (χ0n) is 14.2. The van der Waals surface area contributed by atoms with Crippen LogP contribution in [-0.4, -0.2) is 50.0 Å². The lowest BCUT2D eigenvalue weighted by molar-refractivity contribution is 0.0957. The molecule has 7 heteroatoms. The Kier molecular flexibility index (Phi) is 7.34. The quantitative estimate of drug-likeness (QED) is 0.306. The van der Waals surface area contributed by atoms with Gasteiger partial charge < -0.3 is 15.5 Å². The highest BCUT2D eigenvalue weighted by Crippen LogP contribution is 2.47. The Labute approximate surface area is 165 Å². The van der Waals surface area contributed by atoms with Gasteiger partial charge >= 0.3 is 0 Å². The Morgan fingerprint density at radius 3 is 2.71 bits per heavy atom. The Morgan fingerprint density at radius 1 is 1.33 bits per heavy atom. The van der Waals surface area contributed by atoms with Gasteiger partial charge in [-0.3, -0.25) is 9.79 Å². The van der Waals surface area contributed by atoms with Gasteiger partial charge in [-0.1, -0.05) is 12.5 Å². The number of rotatable bonds is 5. The van der Waals surface area contributed by atoms with Crippen LogP contribution in [0.3, 0.4) is 0 Å². The van der Waals surface area contributed by atoms with Crippen LogP contribution in [0.5, 0.6) is 0 Å². The Balaban J connectivity index is 0.00000208. The van der Waals surface area contributed by atoms with Crippen LogP contribution in [0.1, 0.15) is 41.8 Å². The van der Waals surface area contributed by atoms with Crippen molar-refractivity contribution in [3.8, 4) is 0 Å². The molecule has 1 saturated heterocycles. The summed E-state index contributed by atoms with van der Waals surface area (Å²) in [5.41, 5.74) is 0.590. The van der Waals surface area contributed by atoms with Crippen molar-refractivity contribution in [3.63, 3.8) is 0 Å². The minimum Gasteiger partial charge on any atom is -0.356 e. The van der Waals surface area contributed by atoms with E-state index >= 15 is 0 Å². The van der Waals surface area contributed by atoms with Crippen molar-refractivity contribution in [2.75, 3.05) is 33.2 Å². The minimum atomic E-state index is 0. The summed E-state index contributed by atoms with van der Waals surface area (Å²) < 4.78 is 0. The van der Waals surface area contributed by atoms with E-state index < -0.39 is 0 Å². The van der Waals surface area contributed by atoms with Crippen molar-refractivity contribution in [1.82, 2.24) is 15.5 Å². The number of amides is 1.